The van der Waals surface area contributed by atoms with E-state index in [1.54, 1.807) is 19.1 Å². The van der Waals surface area contributed by atoms with Crippen LogP contribution in [0.3, 0.4) is 0 Å². The molecule has 8 heteroatoms. The fourth-order valence-corrected chi connectivity index (χ4v) is 2.90. The minimum atomic E-state index is -0.487. The van der Waals surface area contributed by atoms with Crippen LogP contribution in [0.25, 0.3) is 10.8 Å². The molecule has 3 amide bonds. The van der Waals surface area contributed by atoms with Crippen LogP contribution in [-0.4, -0.2) is 40.7 Å². The smallest absolute Gasteiger partial charge is 0.274 e. The van der Waals surface area contributed by atoms with Gasteiger partial charge >= 0.3 is 0 Å². The minimum absolute atomic E-state index is 0.141. The molecule has 21 heavy (non-hydrogen) atoms. The van der Waals surface area contributed by atoms with Crippen molar-refractivity contribution in [1.82, 2.24) is 15.2 Å². The zero-order valence-corrected chi connectivity index (χ0v) is 11.9. The topological polar surface area (TPSA) is 92.5 Å². The highest BCUT2D eigenvalue weighted by atomic mass is 32.1. The van der Waals surface area contributed by atoms with Crippen molar-refractivity contribution in [1.29, 1.82) is 0 Å². The fraction of sp³-hybridized carbons (Fsp3) is 0.231. The van der Waals surface area contributed by atoms with Crippen molar-refractivity contribution in [2.24, 2.45) is 0 Å². The largest absolute Gasteiger partial charge is 0.462 e. The first-order chi connectivity index (χ1) is 10.0. The Bertz CT molecular complexity index is 704. The van der Waals surface area contributed by atoms with Crippen LogP contribution in [0, 0.1) is 6.92 Å². The molecule has 1 fully saturated rings. The molecule has 0 unspecified atom stereocenters. The molecule has 0 spiro atoms. The number of piperazine rings is 1. The molecule has 3 heterocycles. The maximum atomic E-state index is 12.4. The van der Waals surface area contributed by atoms with Gasteiger partial charge in [0, 0.05) is 4.88 Å². The van der Waals surface area contributed by atoms with Crippen molar-refractivity contribution in [2.75, 3.05) is 13.1 Å². The number of thiazole rings is 1. The van der Waals surface area contributed by atoms with Gasteiger partial charge in [-0.05, 0) is 19.1 Å². The van der Waals surface area contributed by atoms with Gasteiger partial charge in [0.1, 0.15) is 18.8 Å². The van der Waals surface area contributed by atoms with Gasteiger partial charge in [-0.25, -0.2) is 4.98 Å². The number of hydrogen-bond acceptors (Lipinski definition) is 6. The summed E-state index contributed by atoms with van der Waals surface area (Å²) in [6.45, 7) is 1.48. The van der Waals surface area contributed by atoms with Crippen LogP contribution in [0.4, 0.5) is 0 Å². The Kier molecular flexibility index (Phi) is 3.30. The lowest BCUT2D eigenvalue weighted by Gasteiger charge is -2.24. The Balaban J connectivity index is 1.88. The maximum Gasteiger partial charge on any atom is 0.274 e. The van der Waals surface area contributed by atoms with Gasteiger partial charge in [0.2, 0.25) is 11.8 Å². The molecule has 7 nitrogen and oxygen atoms in total. The van der Waals surface area contributed by atoms with Crippen LogP contribution in [0.2, 0.25) is 0 Å². The summed E-state index contributed by atoms with van der Waals surface area (Å²) >= 11 is 1.33. The van der Waals surface area contributed by atoms with E-state index in [4.69, 9.17) is 4.42 Å². The summed E-state index contributed by atoms with van der Waals surface area (Å²) < 4.78 is 5.25. The average molecular weight is 305 g/mol. The highest BCUT2D eigenvalue weighted by Crippen LogP contribution is 2.28. The van der Waals surface area contributed by atoms with E-state index in [9.17, 15) is 14.4 Å². The summed E-state index contributed by atoms with van der Waals surface area (Å²) in [5.41, 5.74) is 0.244. The molecule has 108 valence electrons. The van der Waals surface area contributed by atoms with E-state index < -0.39 is 17.7 Å². The summed E-state index contributed by atoms with van der Waals surface area (Å²) in [4.78, 5) is 41.2. The number of aryl methyl sites for hydroxylation is 1. The monoisotopic (exact) mass is 305 g/mol. The van der Waals surface area contributed by atoms with Crippen molar-refractivity contribution >= 4 is 29.1 Å². The van der Waals surface area contributed by atoms with E-state index in [1.807, 2.05) is 0 Å². The molecule has 0 saturated carbocycles. The molecule has 0 atom stereocenters. The van der Waals surface area contributed by atoms with Gasteiger partial charge < -0.3 is 9.32 Å². The normalized spacial score (nSPS) is 15.2. The summed E-state index contributed by atoms with van der Waals surface area (Å²) in [6, 6.07) is 3.49. The van der Waals surface area contributed by atoms with Gasteiger partial charge in [-0.2, -0.15) is 0 Å². The molecule has 1 saturated heterocycles. The van der Waals surface area contributed by atoms with Crippen LogP contribution in [-0.2, 0) is 9.59 Å². The molecule has 1 aliphatic heterocycles. The number of furan rings is 1. The summed E-state index contributed by atoms with van der Waals surface area (Å²) in [5, 5.41) is 2.74. The molecular weight excluding hydrogens is 294 g/mol. The van der Waals surface area contributed by atoms with Crippen LogP contribution in [0.15, 0.2) is 22.8 Å². The van der Waals surface area contributed by atoms with E-state index in [-0.39, 0.29) is 18.8 Å². The van der Waals surface area contributed by atoms with Crippen LogP contribution in [0.5, 0.6) is 0 Å². The quantitative estimate of drug-likeness (QED) is 0.829. The number of nitrogens with zero attached hydrogens (tertiary/aromatic N) is 2. The molecule has 3 rings (SSSR count). The van der Waals surface area contributed by atoms with Crippen LogP contribution >= 0.6 is 11.3 Å². The predicted molar refractivity (Wildman–Crippen MR) is 73.6 cm³/mol. The lowest BCUT2D eigenvalue weighted by atomic mass is 10.2. The van der Waals surface area contributed by atoms with Crippen molar-refractivity contribution in [3.05, 3.63) is 29.0 Å². The number of amides is 3. The second-order valence-electron chi connectivity index (χ2n) is 4.53. The van der Waals surface area contributed by atoms with Gasteiger partial charge in [0.25, 0.3) is 5.91 Å². The Morgan fingerprint density at radius 2 is 2.10 bits per heavy atom. The third-order valence-corrected chi connectivity index (χ3v) is 3.95. The van der Waals surface area contributed by atoms with E-state index in [0.717, 1.165) is 0 Å². The number of imide groups is 1. The van der Waals surface area contributed by atoms with Crippen LogP contribution < -0.4 is 5.32 Å². The summed E-state index contributed by atoms with van der Waals surface area (Å²) in [5.74, 6) is -0.822. The molecule has 2 aromatic heterocycles. The summed E-state index contributed by atoms with van der Waals surface area (Å²) in [7, 11) is 0. The highest BCUT2D eigenvalue weighted by Gasteiger charge is 2.29. The average Bonchev–Trinajstić information content (AvgIpc) is 3.05. The van der Waals surface area contributed by atoms with E-state index in [2.05, 4.69) is 10.3 Å². The molecule has 0 radical (unpaired) electrons. The maximum absolute atomic E-state index is 12.4. The fourth-order valence-electron chi connectivity index (χ4n) is 2.03. The zero-order chi connectivity index (χ0) is 15.0. The molecule has 1 N–H and O–H groups in total. The molecular formula is C13H11N3O4S. The molecule has 1 aliphatic rings. The van der Waals surface area contributed by atoms with Gasteiger partial charge in [0.15, 0.2) is 10.8 Å². The van der Waals surface area contributed by atoms with Crippen molar-refractivity contribution in [3.8, 4) is 10.8 Å². The van der Waals surface area contributed by atoms with Crippen molar-refractivity contribution < 1.29 is 18.8 Å². The van der Waals surface area contributed by atoms with Gasteiger partial charge in [-0.1, -0.05) is 0 Å². The van der Waals surface area contributed by atoms with Gasteiger partial charge in [-0.3, -0.25) is 19.7 Å². The second kappa shape index (κ2) is 5.13. The number of hydrogen-bond donors (Lipinski definition) is 1. The summed E-state index contributed by atoms with van der Waals surface area (Å²) in [6.07, 6.45) is 1.53. The third kappa shape index (κ3) is 2.57. The third-order valence-electron chi connectivity index (χ3n) is 2.97. The van der Waals surface area contributed by atoms with E-state index in [0.29, 0.717) is 15.6 Å². The molecule has 0 bridgehead atoms. The molecule has 2 aromatic rings. The minimum Gasteiger partial charge on any atom is -0.462 e. The van der Waals surface area contributed by atoms with Gasteiger partial charge in [0.05, 0.1) is 6.26 Å². The first kappa shape index (κ1) is 13.5. The SMILES string of the molecule is Cc1sc(-c2ccco2)nc1C(=O)N1CC(=O)NC(=O)C1. The first-order valence-electron chi connectivity index (χ1n) is 6.18. The van der Waals surface area contributed by atoms with Crippen molar-refractivity contribution in [3.63, 3.8) is 0 Å². The molecule has 0 aliphatic carbocycles. The predicted octanol–water partition coefficient (Wildman–Crippen LogP) is 0.810. The second-order valence-corrected chi connectivity index (χ2v) is 5.74. The van der Waals surface area contributed by atoms with Crippen molar-refractivity contribution in [2.45, 2.75) is 6.92 Å². The lowest BCUT2D eigenvalue weighted by Crippen LogP contribution is -2.53. The van der Waals surface area contributed by atoms with Gasteiger partial charge in [-0.15, -0.1) is 11.3 Å². The Morgan fingerprint density at radius 1 is 1.38 bits per heavy atom. The first-order valence-corrected chi connectivity index (χ1v) is 6.99. The number of carbonyl (C=O) groups excluding carboxylic acids is 3. The number of aromatic nitrogens is 1. The van der Waals surface area contributed by atoms with Crippen LogP contribution in [0.1, 0.15) is 15.4 Å². The molecule has 0 aromatic carbocycles. The Morgan fingerprint density at radius 3 is 2.71 bits per heavy atom. The number of carbonyl (C=O) groups is 3. The lowest BCUT2D eigenvalue weighted by molar-refractivity contribution is -0.135. The Hall–Kier alpha value is -2.48. The Labute approximate surface area is 123 Å². The highest BCUT2D eigenvalue weighted by molar-refractivity contribution is 7.15. The van der Waals surface area contributed by atoms with E-state index in [1.165, 1.54) is 22.5 Å². The zero-order valence-electron chi connectivity index (χ0n) is 11.1. The van der Waals surface area contributed by atoms with E-state index >= 15 is 0 Å². The number of rotatable bonds is 2. The number of nitrogens with one attached hydrogen (secondary N) is 1. The standard InChI is InChI=1S/C13H11N3O4S/c1-7-11(15-12(21-7)8-3-2-4-20-8)13(19)16-5-9(17)14-10(18)6-16/h2-4H,5-6H2,1H3,(H,14,17,18).